The molecule has 1 rings (SSSR count). The molecule has 5 nitrogen and oxygen atoms in total. The summed E-state index contributed by atoms with van der Waals surface area (Å²) in [7, 11) is 1.07. The van der Waals surface area contributed by atoms with Crippen LogP contribution in [0.4, 0.5) is 4.39 Å². The number of benzene rings is 1. The number of aliphatic hydroxyl groups is 1. The summed E-state index contributed by atoms with van der Waals surface area (Å²) in [6.07, 6.45) is 0. The van der Waals surface area contributed by atoms with Gasteiger partial charge in [0.2, 0.25) is 5.70 Å². The summed E-state index contributed by atoms with van der Waals surface area (Å²) in [6.45, 7) is 0. The fraction of sp³-hybridized carbons (Fsp3) is 0.100. The first-order valence-electron chi connectivity index (χ1n) is 4.36. The van der Waals surface area contributed by atoms with Gasteiger partial charge >= 0.3 is 5.97 Å². The molecule has 0 aliphatic rings. The van der Waals surface area contributed by atoms with E-state index in [1.165, 1.54) is 12.1 Å². The lowest BCUT2D eigenvalue weighted by Gasteiger charge is -2.07. The second kappa shape index (κ2) is 5.53. The maximum absolute atomic E-state index is 13.5. The second-order valence-electron chi connectivity index (χ2n) is 2.90. The van der Waals surface area contributed by atoms with Crippen LogP contribution in [0.1, 0.15) is 5.56 Å². The summed E-state index contributed by atoms with van der Waals surface area (Å²) in [4.78, 5) is 11.2. The van der Waals surface area contributed by atoms with Crippen LogP contribution in [-0.4, -0.2) is 18.2 Å². The molecule has 0 atom stereocenters. The van der Waals surface area contributed by atoms with Crippen LogP contribution >= 0.6 is 15.9 Å². The van der Waals surface area contributed by atoms with Gasteiger partial charge in [-0.3, -0.25) is 0 Å². The third-order valence-corrected chi connectivity index (χ3v) is 2.58. The van der Waals surface area contributed by atoms with Crippen molar-refractivity contribution in [1.29, 1.82) is 5.53 Å². The predicted molar refractivity (Wildman–Crippen MR) is 60.8 cm³/mol. The van der Waals surface area contributed by atoms with Crippen molar-refractivity contribution in [3.8, 4) is 0 Å². The van der Waals surface area contributed by atoms with E-state index in [0.29, 0.717) is 0 Å². The molecule has 2 N–H and O–H groups in total. The van der Waals surface area contributed by atoms with Crippen LogP contribution < -0.4 is 0 Å². The van der Waals surface area contributed by atoms with Gasteiger partial charge in [0, 0.05) is 4.47 Å². The Morgan fingerprint density at radius 2 is 2.24 bits per heavy atom. The van der Waals surface area contributed by atoms with Crippen molar-refractivity contribution in [2.45, 2.75) is 0 Å². The molecule has 17 heavy (non-hydrogen) atoms. The number of nitrogens with one attached hydrogen (secondary N) is 1. The van der Waals surface area contributed by atoms with E-state index in [2.05, 4.69) is 25.8 Å². The van der Waals surface area contributed by atoms with E-state index in [9.17, 15) is 14.3 Å². The van der Waals surface area contributed by atoms with Gasteiger partial charge in [-0.15, -0.1) is 5.11 Å². The van der Waals surface area contributed by atoms with E-state index in [4.69, 9.17) is 5.53 Å². The number of carbonyl (C=O) groups is 1. The second-order valence-corrected chi connectivity index (χ2v) is 3.75. The minimum Gasteiger partial charge on any atom is -0.505 e. The zero-order valence-corrected chi connectivity index (χ0v) is 10.3. The lowest BCUT2D eigenvalue weighted by molar-refractivity contribution is -0.136. The van der Waals surface area contributed by atoms with Crippen LogP contribution in [0.2, 0.25) is 0 Å². The van der Waals surface area contributed by atoms with Crippen molar-refractivity contribution in [2.75, 3.05) is 7.11 Å². The van der Waals surface area contributed by atoms with Gasteiger partial charge in [-0.1, -0.05) is 6.07 Å². The number of ether oxygens (including phenoxy) is 1. The van der Waals surface area contributed by atoms with Crippen molar-refractivity contribution in [2.24, 2.45) is 5.11 Å². The highest BCUT2D eigenvalue weighted by Gasteiger charge is 2.21. The minimum absolute atomic E-state index is 0.236. The van der Waals surface area contributed by atoms with E-state index < -0.39 is 23.2 Å². The average molecular weight is 303 g/mol. The topological polar surface area (TPSA) is 82.7 Å². The fourth-order valence-corrected chi connectivity index (χ4v) is 1.66. The Kier molecular flexibility index (Phi) is 4.33. The van der Waals surface area contributed by atoms with Gasteiger partial charge in [-0.05, 0) is 28.1 Å². The number of carbonyl (C=O) groups excluding carboxylic acids is 1. The van der Waals surface area contributed by atoms with Crippen molar-refractivity contribution < 1.29 is 19.0 Å². The zero-order valence-electron chi connectivity index (χ0n) is 8.70. The molecule has 1 aromatic rings. The van der Waals surface area contributed by atoms with E-state index in [-0.39, 0.29) is 10.0 Å². The van der Waals surface area contributed by atoms with Crippen molar-refractivity contribution in [3.63, 3.8) is 0 Å². The first-order valence-corrected chi connectivity index (χ1v) is 5.15. The summed E-state index contributed by atoms with van der Waals surface area (Å²) in [5.74, 6) is -2.52. The van der Waals surface area contributed by atoms with Crippen LogP contribution in [0.5, 0.6) is 0 Å². The number of aliphatic hydroxyl groups excluding tert-OH is 1. The first kappa shape index (κ1) is 13.3. The van der Waals surface area contributed by atoms with Crippen molar-refractivity contribution in [1.82, 2.24) is 0 Å². The molecule has 0 saturated heterocycles. The van der Waals surface area contributed by atoms with Crippen LogP contribution in [0, 0.1) is 11.3 Å². The number of esters is 1. The molecule has 0 heterocycles. The van der Waals surface area contributed by atoms with Crippen LogP contribution in [0.25, 0.3) is 5.76 Å². The Morgan fingerprint density at radius 1 is 1.59 bits per heavy atom. The number of methoxy groups -OCH3 is 1. The Hall–Kier alpha value is -1.76. The van der Waals surface area contributed by atoms with Crippen LogP contribution in [0.3, 0.4) is 0 Å². The monoisotopic (exact) mass is 302 g/mol. The minimum atomic E-state index is -1.02. The van der Waals surface area contributed by atoms with E-state index in [1.807, 2.05) is 0 Å². The molecular formula is C10H8BrFN2O3. The number of nitrogens with zero attached hydrogens (tertiary/aromatic N) is 1. The Morgan fingerprint density at radius 3 is 2.71 bits per heavy atom. The lowest BCUT2D eigenvalue weighted by Crippen LogP contribution is -2.06. The molecule has 0 unspecified atom stereocenters. The third kappa shape index (κ3) is 2.68. The highest BCUT2D eigenvalue weighted by Crippen LogP contribution is 2.28. The standard InChI is InChI=1S/C10H8BrFN2O3/c1-17-10(16)8(14-13)9(15)7-5(11)3-2-4-6(7)12/h2-4,13,15H,1H3/b9-8+,14-13?. The van der Waals surface area contributed by atoms with Gasteiger partial charge < -0.3 is 9.84 Å². The third-order valence-electron chi connectivity index (χ3n) is 1.91. The fourth-order valence-electron chi connectivity index (χ4n) is 1.13. The maximum Gasteiger partial charge on any atom is 0.362 e. The summed E-state index contributed by atoms with van der Waals surface area (Å²) >= 11 is 3.03. The lowest BCUT2D eigenvalue weighted by atomic mass is 10.1. The number of halogens is 2. The molecule has 0 spiro atoms. The SMILES string of the molecule is COC(=O)/C(N=N)=C(\O)c1c(F)cccc1Br. The molecule has 1 aromatic carbocycles. The zero-order chi connectivity index (χ0) is 13.0. The largest absolute Gasteiger partial charge is 0.505 e. The smallest absolute Gasteiger partial charge is 0.362 e. The van der Waals surface area contributed by atoms with Gasteiger partial charge in [0.25, 0.3) is 0 Å². The molecule has 0 bridgehead atoms. The van der Waals surface area contributed by atoms with Gasteiger partial charge in [-0.2, -0.15) is 0 Å². The number of hydrogen-bond acceptors (Lipinski definition) is 5. The van der Waals surface area contributed by atoms with E-state index in [0.717, 1.165) is 13.2 Å². The summed E-state index contributed by atoms with van der Waals surface area (Å²) in [6, 6.07) is 4.01. The molecule has 7 heteroatoms. The molecule has 0 aromatic heterocycles. The van der Waals surface area contributed by atoms with Crippen molar-refractivity contribution in [3.05, 3.63) is 39.7 Å². The van der Waals surface area contributed by atoms with Crippen LogP contribution in [0.15, 0.2) is 33.5 Å². The Labute approximate surface area is 105 Å². The molecule has 0 aliphatic carbocycles. The van der Waals surface area contributed by atoms with Gasteiger partial charge in [0.05, 0.1) is 12.7 Å². The highest BCUT2D eigenvalue weighted by molar-refractivity contribution is 9.10. The van der Waals surface area contributed by atoms with Crippen molar-refractivity contribution >= 4 is 27.7 Å². The Bertz CT molecular complexity index is 482. The summed E-state index contributed by atoms with van der Waals surface area (Å²) in [5.41, 5.74) is 5.87. The van der Waals surface area contributed by atoms with Gasteiger partial charge in [-0.25, -0.2) is 14.7 Å². The maximum atomic E-state index is 13.5. The molecule has 0 radical (unpaired) electrons. The normalized spacial score (nSPS) is 11.7. The Balaban J connectivity index is 3.45. The van der Waals surface area contributed by atoms with E-state index >= 15 is 0 Å². The quantitative estimate of drug-likeness (QED) is 0.390. The van der Waals surface area contributed by atoms with Gasteiger partial charge in [0.1, 0.15) is 5.82 Å². The predicted octanol–water partition coefficient (Wildman–Crippen LogP) is 3.02. The molecule has 0 amide bonds. The molecule has 0 fully saturated rings. The number of hydrogen-bond donors (Lipinski definition) is 2. The van der Waals surface area contributed by atoms with Gasteiger partial charge in [0.15, 0.2) is 5.76 Å². The molecule has 0 saturated carbocycles. The molecular weight excluding hydrogens is 295 g/mol. The average Bonchev–Trinajstić information content (AvgIpc) is 2.29. The summed E-state index contributed by atoms with van der Waals surface area (Å²) < 4.78 is 18.0. The van der Waals surface area contributed by atoms with Crippen LogP contribution in [-0.2, 0) is 9.53 Å². The summed E-state index contributed by atoms with van der Waals surface area (Å²) in [5, 5.41) is 12.6. The number of rotatable bonds is 3. The molecule has 0 aliphatic heterocycles. The first-order chi connectivity index (χ1) is 8.02. The molecule has 90 valence electrons. The van der Waals surface area contributed by atoms with E-state index in [1.54, 1.807) is 0 Å². The highest BCUT2D eigenvalue weighted by atomic mass is 79.9.